The molecule has 1 heterocycles. The van der Waals surface area contributed by atoms with Crippen molar-refractivity contribution in [2.24, 2.45) is 7.05 Å². The van der Waals surface area contributed by atoms with E-state index in [1.807, 2.05) is 0 Å². The molecule has 0 amide bonds. The van der Waals surface area contributed by atoms with Crippen LogP contribution in [0.3, 0.4) is 0 Å². The van der Waals surface area contributed by atoms with Gasteiger partial charge < -0.3 is 5.11 Å². The molecule has 2 rings (SSSR count). The number of halogens is 1. The zero-order valence-electron chi connectivity index (χ0n) is 8.51. The molecule has 0 atom stereocenters. The van der Waals surface area contributed by atoms with E-state index in [0.29, 0.717) is 16.3 Å². The Kier molecular flexibility index (Phi) is 2.66. The Morgan fingerprint density at radius 1 is 1.44 bits per heavy atom. The van der Waals surface area contributed by atoms with Crippen molar-refractivity contribution >= 4 is 17.6 Å². The molecule has 0 saturated heterocycles. The molecule has 1 N–H and O–H groups in total. The van der Waals surface area contributed by atoms with Gasteiger partial charge in [0.25, 0.3) is 0 Å². The lowest BCUT2D eigenvalue weighted by atomic mass is 10.1. The number of aromatic carboxylic acids is 1. The maximum atomic E-state index is 11.0. The second-order valence-corrected chi connectivity index (χ2v) is 3.81. The molecular weight excluding hydrogens is 228 g/mol. The van der Waals surface area contributed by atoms with Crippen LogP contribution in [0.5, 0.6) is 0 Å². The molecular formula is C11H9ClN2O2. The van der Waals surface area contributed by atoms with Gasteiger partial charge in [-0.2, -0.15) is 5.10 Å². The highest BCUT2D eigenvalue weighted by molar-refractivity contribution is 6.31. The first-order valence-electron chi connectivity index (χ1n) is 4.61. The largest absolute Gasteiger partial charge is 0.478 e. The van der Waals surface area contributed by atoms with Gasteiger partial charge >= 0.3 is 5.97 Å². The molecule has 0 radical (unpaired) electrons. The minimum absolute atomic E-state index is 0.197. The van der Waals surface area contributed by atoms with Gasteiger partial charge in [0.15, 0.2) is 0 Å². The lowest BCUT2D eigenvalue weighted by Crippen LogP contribution is -2.00. The van der Waals surface area contributed by atoms with Gasteiger partial charge in [-0.15, -0.1) is 0 Å². The van der Waals surface area contributed by atoms with Gasteiger partial charge in [-0.25, -0.2) is 4.79 Å². The molecule has 0 bridgehead atoms. The Hall–Kier alpha value is -1.81. The number of hydrogen-bond donors (Lipinski definition) is 1. The van der Waals surface area contributed by atoms with Crippen LogP contribution < -0.4 is 0 Å². The van der Waals surface area contributed by atoms with Crippen molar-refractivity contribution in [3.63, 3.8) is 0 Å². The Balaban J connectivity index is 2.62. The molecule has 0 aliphatic heterocycles. The summed E-state index contributed by atoms with van der Waals surface area (Å²) in [5, 5.41) is 13.7. The number of nitrogens with zero attached hydrogens (tertiary/aromatic N) is 2. The van der Waals surface area contributed by atoms with Crippen molar-refractivity contribution in [3.05, 3.63) is 41.0 Å². The van der Waals surface area contributed by atoms with E-state index in [-0.39, 0.29) is 5.56 Å². The molecule has 82 valence electrons. The third kappa shape index (κ3) is 1.92. The summed E-state index contributed by atoms with van der Waals surface area (Å²) < 4.78 is 1.61. The Bertz CT molecular complexity index is 549. The molecule has 0 saturated carbocycles. The lowest BCUT2D eigenvalue weighted by Gasteiger charge is -2.03. The number of benzene rings is 1. The summed E-state index contributed by atoms with van der Waals surface area (Å²) in [6, 6.07) is 6.39. The van der Waals surface area contributed by atoms with Crippen LogP contribution in [0.1, 0.15) is 10.4 Å². The van der Waals surface area contributed by atoms with Gasteiger partial charge in [0.2, 0.25) is 0 Å². The van der Waals surface area contributed by atoms with Crippen LogP contribution in [-0.4, -0.2) is 20.9 Å². The molecule has 0 aliphatic rings. The van der Waals surface area contributed by atoms with Gasteiger partial charge in [0.05, 0.1) is 11.3 Å². The highest BCUT2D eigenvalue weighted by Crippen LogP contribution is 2.25. The van der Waals surface area contributed by atoms with Crippen molar-refractivity contribution in [3.8, 4) is 11.3 Å². The number of aryl methyl sites for hydroxylation is 1. The van der Waals surface area contributed by atoms with Crippen LogP contribution in [0.4, 0.5) is 0 Å². The fourth-order valence-corrected chi connectivity index (χ4v) is 1.65. The predicted molar refractivity (Wildman–Crippen MR) is 60.6 cm³/mol. The highest BCUT2D eigenvalue weighted by atomic mass is 35.5. The number of carboxylic acid groups (broad SMARTS) is 1. The third-order valence-corrected chi connectivity index (χ3v) is 2.44. The van der Waals surface area contributed by atoms with E-state index in [0.717, 1.165) is 0 Å². The molecule has 0 fully saturated rings. The SMILES string of the molecule is Cn1ccc(-c2cc(Cl)ccc2C(=O)O)n1. The van der Waals surface area contributed by atoms with Gasteiger partial charge in [-0.05, 0) is 24.3 Å². The molecule has 0 aliphatic carbocycles. The first-order chi connectivity index (χ1) is 7.58. The summed E-state index contributed by atoms with van der Waals surface area (Å²) in [5.41, 5.74) is 1.33. The quantitative estimate of drug-likeness (QED) is 0.871. The van der Waals surface area contributed by atoms with Crippen molar-refractivity contribution in [1.29, 1.82) is 0 Å². The topological polar surface area (TPSA) is 55.1 Å². The molecule has 5 heteroatoms. The number of carboxylic acids is 1. The van der Waals surface area contributed by atoms with Crippen molar-refractivity contribution < 1.29 is 9.90 Å². The summed E-state index contributed by atoms with van der Waals surface area (Å²) in [6.07, 6.45) is 1.75. The van der Waals surface area contributed by atoms with Crippen molar-refractivity contribution in [2.45, 2.75) is 0 Å². The molecule has 0 spiro atoms. The minimum atomic E-state index is -0.989. The Morgan fingerprint density at radius 2 is 2.19 bits per heavy atom. The van der Waals surface area contributed by atoms with E-state index in [2.05, 4.69) is 5.10 Å². The van der Waals surface area contributed by atoms with Crippen LogP contribution in [-0.2, 0) is 7.05 Å². The Labute approximate surface area is 97.1 Å². The summed E-state index contributed by atoms with van der Waals surface area (Å²) in [7, 11) is 1.77. The molecule has 1 aromatic carbocycles. The zero-order valence-corrected chi connectivity index (χ0v) is 9.27. The van der Waals surface area contributed by atoms with Crippen LogP contribution in [0.15, 0.2) is 30.5 Å². The van der Waals surface area contributed by atoms with E-state index in [1.54, 1.807) is 36.1 Å². The summed E-state index contributed by atoms with van der Waals surface area (Å²) in [6.45, 7) is 0. The number of aromatic nitrogens is 2. The number of hydrogen-bond acceptors (Lipinski definition) is 2. The molecule has 2 aromatic rings. The second kappa shape index (κ2) is 3.98. The van der Waals surface area contributed by atoms with Gasteiger partial charge in [0, 0.05) is 23.8 Å². The van der Waals surface area contributed by atoms with E-state index < -0.39 is 5.97 Å². The van der Waals surface area contributed by atoms with E-state index in [9.17, 15) is 4.79 Å². The van der Waals surface area contributed by atoms with Crippen LogP contribution in [0, 0.1) is 0 Å². The predicted octanol–water partition coefficient (Wildman–Crippen LogP) is 2.44. The first-order valence-corrected chi connectivity index (χ1v) is 4.98. The van der Waals surface area contributed by atoms with Crippen molar-refractivity contribution in [2.75, 3.05) is 0 Å². The summed E-state index contributed by atoms with van der Waals surface area (Å²) in [4.78, 5) is 11.0. The standard InChI is InChI=1S/C11H9ClN2O2/c1-14-5-4-10(13-14)9-6-7(12)2-3-8(9)11(15)16/h2-6H,1H3,(H,15,16). The molecule has 1 aromatic heterocycles. The number of rotatable bonds is 2. The summed E-state index contributed by atoms with van der Waals surface area (Å²) in [5.74, 6) is -0.989. The van der Waals surface area contributed by atoms with Crippen LogP contribution in [0.25, 0.3) is 11.3 Å². The van der Waals surface area contributed by atoms with E-state index in [4.69, 9.17) is 16.7 Å². The van der Waals surface area contributed by atoms with Gasteiger partial charge in [0.1, 0.15) is 0 Å². The van der Waals surface area contributed by atoms with E-state index in [1.165, 1.54) is 6.07 Å². The first kappa shape index (κ1) is 10.7. The molecule has 4 nitrogen and oxygen atoms in total. The molecule has 16 heavy (non-hydrogen) atoms. The second-order valence-electron chi connectivity index (χ2n) is 3.37. The Morgan fingerprint density at radius 3 is 2.75 bits per heavy atom. The van der Waals surface area contributed by atoms with Crippen LogP contribution in [0.2, 0.25) is 5.02 Å². The zero-order chi connectivity index (χ0) is 11.7. The maximum Gasteiger partial charge on any atom is 0.336 e. The fraction of sp³-hybridized carbons (Fsp3) is 0.0909. The average molecular weight is 237 g/mol. The molecule has 0 unspecified atom stereocenters. The minimum Gasteiger partial charge on any atom is -0.478 e. The van der Waals surface area contributed by atoms with Crippen LogP contribution >= 0.6 is 11.6 Å². The maximum absolute atomic E-state index is 11.0. The van der Waals surface area contributed by atoms with Gasteiger partial charge in [-0.3, -0.25) is 4.68 Å². The van der Waals surface area contributed by atoms with Crippen molar-refractivity contribution in [1.82, 2.24) is 9.78 Å². The normalized spacial score (nSPS) is 10.4. The third-order valence-electron chi connectivity index (χ3n) is 2.20. The van der Waals surface area contributed by atoms with Gasteiger partial charge in [-0.1, -0.05) is 11.6 Å². The fourth-order valence-electron chi connectivity index (χ4n) is 1.47. The lowest BCUT2D eigenvalue weighted by molar-refractivity contribution is 0.0697. The number of carbonyl (C=O) groups is 1. The monoisotopic (exact) mass is 236 g/mol. The average Bonchev–Trinajstić information content (AvgIpc) is 2.64. The van der Waals surface area contributed by atoms with E-state index >= 15 is 0 Å². The smallest absolute Gasteiger partial charge is 0.336 e. The highest BCUT2D eigenvalue weighted by Gasteiger charge is 2.13. The summed E-state index contributed by atoms with van der Waals surface area (Å²) >= 11 is 5.85.